The maximum atomic E-state index is 12.4. The Bertz CT molecular complexity index is 435. The Morgan fingerprint density at radius 3 is 2.63 bits per heavy atom. The summed E-state index contributed by atoms with van der Waals surface area (Å²) in [7, 11) is 0. The van der Waals surface area contributed by atoms with Gasteiger partial charge in [-0.2, -0.15) is 0 Å². The molecule has 1 heterocycles. The molecule has 0 aliphatic heterocycles. The van der Waals surface area contributed by atoms with Gasteiger partial charge >= 0.3 is 0 Å². The van der Waals surface area contributed by atoms with Crippen molar-refractivity contribution in [1.82, 2.24) is 9.88 Å². The van der Waals surface area contributed by atoms with Crippen molar-refractivity contribution in [2.24, 2.45) is 0 Å². The van der Waals surface area contributed by atoms with Gasteiger partial charge in [-0.05, 0) is 33.3 Å². The number of hydrogen-bond donors (Lipinski definition) is 1. The average Bonchev–Trinajstić information content (AvgIpc) is 2.37. The molecule has 0 spiro atoms. The molecule has 106 valence electrons. The zero-order chi connectivity index (χ0) is 14.4. The Balaban J connectivity index is 2.95. The number of halogens is 1. The molecule has 1 rings (SSSR count). The highest BCUT2D eigenvalue weighted by molar-refractivity contribution is 6.33. The molecule has 0 radical (unpaired) electrons. The second kappa shape index (κ2) is 7.34. The standard InChI is InChI=1S/C14H22ClN3O/c1-5-7-18(10(3)4)14(19)11-8-12(15)13(16-6-2)17-9-11/h8-10H,5-7H2,1-4H3,(H,16,17). The first kappa shape index (κ1) is 15.8. The third-order valence-corrected chi connectivity index (χ3v) is 3.07. The first-order chi connectivity index (χ1) is 9.01. The summed E-state index contributed by atoms with van der Waals surface area (Å²) in [5.74, 6) is 0.599. The summed E-state index contributed by atoms with van der Waals surface area (Å²) in [5.41, 5.74) is 0.536. The number of nitrogens with one attached hydrogen (secondary N) is 1. The lowest BCUT2D eigenvalue weighted by Crippen LogP contribution is -2.37. The number of hydrogen-bond acceptors (Lipinski definition) is 3. The Morgan fingerprint density at radius 1 is 1.47 bits per heavy atom. The molecule has 1 amide bonds. The number of amides is 1. The highest BCUT2D eigenvalue weighted by atomic mass is 35.5. The van der Waals surface area contributed by atoms with Crippen molar-refractivity contribution in [1.29, 1.82) is 0 Å². The van der Waals surface area contributed by atoms with E-state index in [9.17, 15) is 4.79 Å². The van der Waals surface area contributed by atoms with E-state index in [0.717, 1.165) is 19.5 Å². The van der Waals surface area contributed by atoms with E-state index in [4.69, 9.17) is 11.6 Å². The first-order valence-electron chi connectivity index (χ1n) is 6.71. The highest BCUT2D eigenvalue weighted by Crippen LogP contribution is 2.21. The van der Waals surface area contributed by atoms with E-state index < -0.39 is 0 Å². The van der Waals surface area contributed by atoms with Crippen molar-refractivity contribution >= 4 is 23.3 Å². The van der Waals surface area contributed by atoms with Crippen LogP contribution in [-0.2, 0) is 0 Å². The summed E-state index contributed by atoms with van der Waals surface area (Å²) < 4.78 is 0. The van der Waals surface area contributed by atoms with E-state index >= 15 is 0 Å². The number of nitrogens with zero attached hydrogens (tertiary/aromatic N) is 2. The minimum atomic E-state index is -0.0192. The maximum absolute atomic E-state index is 12.4. The van der Waals surface area contributed by atoms with Gasteiger partial charge in [-0.3, -0.25) is 4.79 Å². The van der Waals surface area contributed by atoms with Gasteiger partial charge in [0.1, 0.15) is 5.82 Å². The van der Waals surface area contributed by atoms with Crippen molar-refractivity contribution < 1.29 is 4.79 Å². The van der Waals surface area contributed by atoms with Crippen LogP contribution in [0.15, 0.2) is 12.3 Å². The monoisotopic (exact) mass is 283 g/mol. The van der Waals surface area contributed by atoms with Crippen molar-refractivity contribution in [3.63, 3.8) is 0 Å². The topological polar surface area (TPSA) is 45.2 Å². The molecule has 4 nitrogen and oxygen atoms in total. The predicted molar refractivity (Wildman–Crippen MR) is 79.9 cm³/mol. The van der Waals surface area contributed by atoms with E-state index in [1.807, 2.05) is 25.7 Å². The number of carbonyl (C=O) groups excluding carboxylic acids is 1. The number of carbonyl (C=O) groups is 1. The molecule has 0 saturated carbocycles. The van der Waals surface area contributed by atoms with Crippen LogP contribution in [0.4, 0.5) is 5.82 Å². The fourth-order valence-corrected chi connectivity index (χ4v) is 2.09. The molecule has 5 heteroatoms. The zero-order valence-electron chi connectivity index (χ0n) is 12.0. The van der Waals surface area contributed by atoms with E-state index in [1.54, 1.807) is 12.3 Å². The predicted octanol–water partition coefficient (Wildman–Crippen LogP) is 3.43. The van der Waals surface area contributed by atoms with Gasteiger partial charge in [-0.25, -0.2) is 4.98 Å². The molecule has 19 heavy (non-hydrogen) atoms. The van der Waals surface area contributed by atoms with Crippen LogP contribution in [0, 0.1) is 0 Å². The van der Waals surface area contributed by atoms with E-state index in [0.29, 0.717) is 16.4 Å². The van der Waals surface area contributed by atoms with Gasteiger partial charge < -0.3 is 10.2 Å². The van der Waals surface area contributed by atoms with Gasteiger partial charge in [0.15, 0.2) is 0 Å². The van der Waals surface area contributed by atoms with Gasteiger partial charge in [0, 0.05) is 25.3 Å². The van der Waals surface area contributed by atoms with Gasteiger partial charge in [-0.1, -0.05) is 18.5 Å². The summed E-state index contributed by atoms with van der Waals surface area (Å²) in [6.45, 7) is 9.53. The third kappa shape index (κ3) is 4.10. The van der Waals surface area contributed by atoms with Crippen LogP contribution in [-0.4, -0.2) is 34.9 Å². The van der Waals surface area contributed by atoms with Crippen LogP contribution in [0.3, 0.4) is 0 Å². The molecule has 0 saturated heterocycles. The van der Waals surface area contributed by atoms with E-state index in [-0.39, 0.29) is 11.9 Å². The molecule has 0 aliphatic carbocycles. The number of rotatable bonds is 6. The Kier molecular flexibility index (Phi) is 6.09. The van der Waals surface area contributed by atoms with Gasteiger partial charge in [0.2, 0.25) is 0 Å². The van der Waals surface area contributed by atoms with E-state index in [1.165, 1.54) is 0 Å². The van der Waals surface area contributed by atoms with Crippen LogP contribution < -0.4 is 5.32 Å². The Morgan fingerprint density at radius 2 is 2.16 bits per heavy atom. The molecule has 1 N–H and O–H groups in total. The molecule has 0 atom stereocenters. The van der Waals surface area contributed by atoms with Gasteiger partial charge in [-0.15, -0.1) is 0 Å². The lowest BCUT2D eigenvalue weighted by molar-refractivity contribution is 0.0705. The van der Waals surface area contributed by atoms with Crippen LogP contribution in [0.25, 0.3) is 0 Å². The van der Waals surface area contributed by atoms with Crippen LogP contribution >= 0.6 is 11.6 Å². The van der Waals surface area contributed by atoms with Gasteiger partial charge in [0.05, 0.1) is 10.6 Å². The summed E-state index contributed by atoms with van der Waals surface area (Å²) in [6, 6.07) is 1.85. The first-order valence-corrected chi connectivity index (χ1v) is 7.09. The molecule has 0 bridgehead atoms. The fraction of sp³-hybridized carbons (Fsp3) is 0.571. The number of aromatic nitrogens is 1. The zero-order valence-corrected chi connectivity index (χ0v) is 12.8. The molecule has 1 aromatic rings. The molecule has 0 aromatic carbocycles. The largest absolute Gasteiger partial charge is 0.369 e. The van der Waals surface area contributed by atoms with Crippen LogP contribution in [0.5, 0.6) is 0 Å². The summed E-state index contributed by atoms with van der Waals surface area (Å²) in [4.78, 5) is 18.4. The average molecular weight is 284 g/mol. The number of anilines is 1. The highest BCUT2D eigenvalue weighted by Gasteiger charge is 2.19. The molecule has 0 fully saturated rings. The van der Waals surface area contributed by atoms with Crippen molar-refractivity contribution in [2.45, 2.75) is 40.2 Å². The molecular formula is C14H22ClN3O. The minimum absolute atomic E-state index is 0.0192. The van der Waals surface area contributed by atoms with Gasteiger partial charge in [0.25, 0.3) is 5.91 Å². The second-order valence-electron chi connectivity index (χ2n) is 4.68. The van der Waals surface area contributed by atoms with Crippen LogP contribution in [0.1, 0.15) is 44.5 Å². The van der Waals surface area contributed by atoms with Crippen molar-refractivity contribution in [2.75, 3.05) is 18.4 Å². The SMILES string of the molecule is CCCN(C(=O)c1cnc(NCC)c(Cl)c1)C(C)C. The summed E-state index contributed by atoms with van der Waals surface area (Å²) in [5, 5.41) is 3.53. The second-order valence-corrected chi connectivity index (χ2v) is 5.08. The third-order valence-electron chi connectivity index (χ3n) is 2.78. The lowest BCUT2D eigenvalue weighted by Gasteiger charge is -2.26. The minimum Gasteiger partial charge on any atom is -0.369 e. The maximum Gasteiger partial charge on any atom is 0.255 e. The fourth-order valence-electron chi connectivity index (χ4n) is 1.85. The molecule has 0 unspecified atom stereocenters. The van der Waals surface area contributed by atoms with Crippen molar-refractivity contribution in [3.05, 3.63) is 22.8 Å². The molecule has 1 aromatic heterocycles. The lowest BCUT2D eigenvalue weighted by atomic mass is 10.2. The quantitative estimate of drug-likeness (QED) is 0.870. The van der Waals surface area contributed by atoms with Crippen LogP contribution in [0.2, 0.25) is 5.02 Å². The number of pyridine rings is 1. The Hall–Kier alpha value is -1.29. The molecular weight excluding hydrogens is 262 g/mol. The summed E-state index contributed by atoms with van der Waals surface area (Å²) >= 11 is 6.12. The normalized spacial score (nSPS) is 10.6. The smallest absolute Gasteiger partial charge is 0.255 e. The Labute approximate surface area is 120 Å². The van der Waals surface area contributed by atoms with E-state index in [2.05, 4.69) is 17.2 Å². The van der Waals surface area contributed by atoms with Crippen molar-refractivity contribution in [3.8, 4) is 0 Å². The summed E-state index contributed by atoms with van der Waals surface area (Å²) in [6.07, 6.45) is 2.51. The molecule has 0 aliphatic rings.